The van der Waals surface area contributed by atoms with Crippen LogP contribution in [-0.2, 0) is 4.43 Å². The summed E-state index contributed by atoms with van der Waals surface area (Å²) in [6, 6.07) is 0.254. The van der Waals surface area contributed by atoms with E-state index in [1.54, 1.807) is 0 Å². The Morgan fingerprint density at radius 2 is 2.11 bits per heavy atom. The van der Waals surface area contributed by atoms with Crippen LogP contribution in [0.5, 0.6) is 0 Å². The number of nitrogens with zero attached hydrogens (tertiary/aromatic N) is 1. The molecule has 2 rings (SSSR count). The maximum atomic E-state index is 10.0. The molecular weight excluding hydrogens is 254 g/mol. The molecule has 0 amide bonds. The van der Waals surface area contributed by atoms with E-state index in [2.05, 4.69) is 38.8 Å². The molecule has 2 aliphatic rings. The van der Waals surface area contributed by atoms with Gasteiger partial charge in [0.1, 0.15) is 0 Å². The molecule has 0 aromatic heterocycles. The fourth-order valence-corrected chi connectivity index (χ4v) is 4.17. The lowest BCUT2D eigenvalue weighted by Crippen LogP contribution is -2.49. The number of rotatable bonds is 4. The van der Waals surface area contributed by atoms with E-state index in [1.807, 2.05) is 0 Å². The van der Waals surface area contributed by atoms with Gasteiger partial charge in [0, 0.05) is 18.2 Å². The third-order valence-corrected chi connectivity index (χ3v) is 10.0. The lowest BCUT2D eigenvalue weighted by atomic mass is 9.95. The molecule has 1 N–H and O–H groups in total. The fourth-order valence-electron chi connectivity index (χ4n) is 3.13. The Hall–Kier alpha value is 0.0969. The average molecular weight is 288 g/mol. The SMILES string of the molecule is [2H]C([2H])(O)C12CCCN1C(CO[Si](C)(C)C(C)(C)C)CC2. The van der Waals surface area contributed by atoms with Gasteiger partial charge in [0.05, 0.1) is 9.30 Å². The number of hydrogen-bond acceptors (Lipinski definition) is 3. The first kappa shape index (κ1) is 12.8. The molecule has 0 saturated carbocycles. The van der Waals surface area contributed by atoms with Crippen molar-refractivity contribution in [2.75, 3.05) is 19.7 Å². The zero-order valence-electron chi connectivity index (χ0n) is 15.1. The Morgan fingerprint density at radius 1 is 1.42 bits per heavy atom. The fraction of sp³-hybridized carbons (Fsp3) is 1.00. The van der Waals surface area contributed by atoms with E-state index in [0.717, 1.165) is 32.2 Å². The molecule has 0 aliphatic carbocycles. The second-order valence-electron chi connectivity index (χ2n) is 7.70. The highest BCUT2D eigenvalue weighted by Crippen LogP contribution is 2.43. The van der Waals surface area contributed by atoms with Crippen molar-refractivity contribution in [2.24, 2.45) is 0 Å². The molecule has 112 valence electrons. The van der Waals surface area contributed by atoms with E-state index in [1.165, 1.54) is 0 Å². The predicted octanol–water partition coefficient (Wildman–Crippen LogP) is 3.00. The lowest BCUT2D eigenvalue weighted by molar-refractivity contribution is 0.0607. The van der Waals surface area contributed by atoms with Gasteiger partial charge in [-0.15, -0.1) is 0 Å². The van der Waals surface area contributed by atoms with Crippen LogP contribution in [0.1, 0.15) is 49.2 Å². The summed E-state index contributed by atoms with van der Waals surface area (Å²) in [4.78, 5) is 2.19. The van der Waals surface area contributed by atoms with Crippen molar-refractivity contribution in [1.29, 1.82) is 0 Å². The predicted molar refractivity (Wildman–Crippen MR) is 81.9 cm³/mol. The van der Waals surface area contributed by atoms with Crippen molar-refractivity contribution in [3.63, 3.8) is 0 Å². The van der Waals surface area contributed by atoms with Crippen molar-refractivity contribution in [1.82, 2.24) is 4.90 Å². The molecule has 0 aromatic carbocycles. The molecule has 3 nitrogen and oxygen atoms in total. The molecule has 2 unspecified atom stereocenters. The van der Waals surface area contributed by atoms with E-state index in [4.69, 9.17) is 7.17 Å². The Bertz CT molecular complexity index is 392. The highest BCUT2D eigenvalue weighted by atomic mass is 28.4. The summed E-state index contributed by atoms with van der Waals surface area (Å²) in [6.45, 7) is 10.7. The quantitative estimate of drug-likeness (QED) is 0.807. The normalized spacial score (nSPS) is 35.2. The standard InChI is InChI=1S/C15H31NO2Si/c1-14(2,3)19(4,5)18-11-13-7-9-15(12-17)8-6-10-16(13)15/h13,17H,6-12H2,1-5H3/i12D2. The third kappa shape index (κ3) is 2.78. The summed E-state index contributed by atoms with van der Waals surface area (Å²) in [6.07, 6.45) is 3.39. The zero-order valence-corrected chi connectivity index (χ0v) is 14.1. The summed E-state index contributed by atoms with van der Waals surface area (Å²) >= 11 is 0. The summed E-state index contributed by atoms with van der Waals surface area (Å²) in [5.74, 6) is 0. The van der Waals surface area contributed by atoms with Crippen LogP contribution in [0, 0.1) is 0 Å². The van der Waals surface area contributed by atoms with Crippen LogP contribution in [0.4, 0.5) is 0 Å². The first-order chi connectivity index (χ1) is 9.41. The van der Waals surface area contributed by atoms with Crippen LogP contribution >= 0.6 is 0 Å². The maximum Gasteiger partial charge on any atom is 0.192 e. The Morgan fingerprint density at radius 3 is 2.68 bits per heavy atom. The first-order valence-electron chi connectivity index (χ1n) is 8.54. The molecule has 0 bridgehead atoms. The number of hydrogen-bond donors (Lipinski definition) is 1. The van der Waals surface area contributed by atoms with Crippen LogP contribution in [0.2, 0.25) is 18.1 Å². The van der Waals surface area contributed by atoms with E-state index in [9.17, 15) is 5.11 Å². The van der Waals surface area contributed by atoms with Crippen molar-refractivity contribution in [3.8, 4) is 0 Å². The molecule has 2 heterocycles. The molecule has 2 fully saturated rings. The number of fused-ring (bicyclic) bond motifs is 1. The van der Waals surface area contributed by atoms with Crippen LogP contribution in [-0.4, -0.2) is 49.6 Å². The van der Waals surface area contributed by atoms with Gasteiger partial charge in [-0.3, -0.25) is 4.90 Å². The molecule has 4 heteroatoms. The third-order valence-electron chi connectivity index (χ3n) is 5.52. The lowest BCUT2D eigenvalue weighted by Gasteiger charge is -2.39. The van der Waals surface area contributed by atoms with Crippen LogP contribution in [0.25, 0.3) is 0 Å². The molecule has 0 spiro atoms. The van der Waals surface area contributed by atoms with Gasteiger partial charge in [0.2, 0.25) is 0 Å². The molecule has 0 radical (unpaired) electrons. The van der Waals surface area contributed by atoms with Crippen molar-refractivity contribution in [3.05, 3.63) is 0 Å². The van der Waals surface area contributed by atoms with Gasteiger partial charge >= 0.3 is 0 Å². The molecule has 0 aromatic rings. The molecular formula is C15H31NO2Si. The zero-order chi connectivity index (χ0) is 16.1. The summed E-state index contributed by atoms with van der Waals surface area (Å²) in [7, 11) is -1.77. The van der Waals surface area contributed by atoms with E-state index >= 15 is 0 Å². The average Bonchev–Trinajstić information content (AvgIpc) is 2.83. The van der Waals surface area contributed by atoms with Crippen LogP contribution in [0.15, 0.2) is 0 Å². The summed E-state index contributed by atoms with van der Waals surface area (Å²) in [5, 5.41) is 10.2. The molecule has 2 aliphatic heterocycles. The summed E-state index contributed by atoms with van der Waals surface area (Å²) < 4.78 is 22.0. The molecule has 2 atom stereocenters. The minimum Gasteiger partial charge on any atom is -0.415 e. The molecule has 2 saturated heterocycles. The van der Waals surface area contributed by atoms with Crippen LogP contribution < -0.4 is 0 Å². The monoisotopic (exact) mass is 287 g/mol. The van der Waals surface area contributed by atoms with Gasteiger partial charge in [-0.25, -0.2) is 0 Å². The van der Waals surface area contributed by atoms with Gasteiger partial charge in [0.25, 0.3) is 0 Å². The highest BCUT2D eigenvalue weighted by molar-refractivity contribution is 6.74. The molecule has 19 heavy (non-hydrogen) atoms. The van der Waals surface area contributed by atoms with Gasteiger partial charge in [0.15, 0.2) is 8.32 Å². The smallest absolute Gasteiger partial charge is 0.192 e. The largest absolute Gasteiger partial charge is 0.415 e. The van der Waals surface area contributed by atoms with Gasteiger partial charge in [-0.1, -0.05) is 20.8 Å². The van der Waals surface area contributed by atoms with Crippen molar-refractivity contribution < 1.29 is 12.3 Å². The second-order valence-corrected chi connectivity index (χ2v) is 12.5. The maximum absolute atomic E-state index is 10.0. The highest BCUT2D eigenvalue weighted by Gasteiger charge is 2.49. The van der Waals surface area contributed by atoms with Crippen molar-refractivity contribution in [2.45, 2.75) is 76.2 Å². The minimum atomic E-state index is -2.12. The Kier molecular flexibility index (Phi) is 3.46. The van der Waals surface area contributed by atoms with E-state index < -0.39 is 20.4 Å². The second kappa shape index (κ2) is 5.13. The Labute approximate surface area is 122 Å². The van der Waals surface area contributed by atoms with Gasteiger partial charge < -0.3 is 9.53 Å². The van der Waals surface area contributed by atoms with Crippen LogP contribution in [0.3, 0.4) is 0 Å². The topological polar surface area (TPSA) is 32.7 Å². The Balaban J connectivity index is 2.05. The first-order valence-corrected chi connectivity index (χ1v) is 10.4. The number of aliphatic hydroxyl groups is 1. The van der Waals surface area contributed by atoms with Gasteiger partial charge in [-0.2, -0.15) is 0 Å². The van der Waals surface area contributed by atoms with E-state index in [-0.39, 0.29) is 11.1 Å². The van der Waals surface area contributed by atoms with Crippen molar-refractivity contribution >= 4 is 8.32 Å². The summed E-state index contributed by atoms with van der Waals surface area (Å²) in [5.41, 5.74) is -0.672. The minimum absolute atomic E-state index is 0.194. The van der Waals surface area contributed by atoms with E-state index in [0.29, 0.717) is 6.61 Å². The van der Waals surface area contributed by atoms with Gasteiger partial charge in [-0.05, 0) is 50.4 Å².